The molecule has 1 N–H and O–H groups in total. The lowest BCUT2D eigenvalue weighted by atomic mass is 10.3. The molecule has 0 unspecified atom stereocenters. The van der Waals surface area contributed by atoms with E-state index >= 15 is 0 Å². The number of pyridine rings is 1. The minimum absolute atomic E-state index is 0.0864. The number of carbonyl (C=O) groups is 1. The lowest BCUT2D eigenvalue weighted by Crippen LogP contribution is -2.28. The first-order valence-corrected chi connectivity index (χ1v) is 7.43. The topological polar surface area (TPSA) is 71.0 Å². The summed E-state index contributed by atoms with van der Waals surface area (Å²) in [4.78, 5) is 26.6. The molecule has 0 saturated heterocycles. The molecule has 116 valence electrons. The number of nitrogens with zero attached hydrogens (tertiary/aromatic N) is 4. The van der Waals surface area contributed by atoms with Crippen LogP contribution in [0, 0.1) is 0 Å². The molecule has 0 aliphatic carbocycles. The molecular weight excluding hydrogens is 278 g/mol. The predicted octanol–water partition coefficient (Wildman–Crippen LogP) is 2.36. The van der Waals surface area contributed by atoms with Crippen LogP contribution in [0.4, 0.5) is 5.95 Å². The quantitative estimate of drug-likeness (QED) is 0.849. The third-order valence-corrected chi connectivity index (χ3v) is 3.22. The molecule has 0 radical (unpaired) electrons. The maximum absolute atomic E-state index is 12.3. The molecule has 0 spiro atoms. The Hall–Kier alpha value is -2.50. The van der Waals surface area contributed by atoms with Crippen molar-refractivity contribution in [2.24, 2.45) is 0 Å². The predicted molar refractivity (Wildman–Crippen MR) is 85.5 cm³/mol. The summed E-state index contributed by atoms with van der Waals surface area (Å²) in [5.74, 6) is 0.345. The van der Waals surface area contributed by atoms with Gasteiger partial charge in [-0.15, -0.1) is 0 Å². The van der Waals surface area contributed by atoms with E-state index in [9.17, 15) is 4.79 Å². The number of unbranched alkanes of at least 4 members (excludes halogenated alkanes) is 1. The van der Waals surface area contributed by atoms with Crippen molar-refractivity contribution in [3.63, 3.8) is 0 Å². The number of nitrogens with one attached hydrogen (secondary N) is 1. The first-order valence-electron chi connectivity index (χ1n) is 7.43. The Bertz CT molecular complexity index is 602. The number of anilines is 1. The number of rotatable bonds is 7. The van der Waals surface area contributed by atoms with Gasteiger partial charge in [0.25, 0.3) is 5.91 Å². The molecule has 0 atom stereocenters. The zero-order chi connectivity index (χ0) is 15.8. The van der Waals surface area contributed by atoms with Gasteiger partial charge in [0.05, 0.1) is 12.2 Å². The van der Waals surface area contributed by atoms with E-state index in [0.29, 0.717) is 18.2 Å². The van der Waals surface area contributed by atoms with Crippen molar-refractivity contribution >= 4 is 11.9 Å². The second-order valence-electron chi connectivity index (χ2n) is 5.02. The second kappa shape index (κ2) is 8.07. The highest BCUT2D eigenvalue weighted by molar-refractivity contribution is 5.92. The first-order chi connectivity index (χ1) is 10.7. The van der Waals surface area contributed by atoms with Crippen LogP contribution in [-0.2, 0) is 6.54 Å². The Kier molecular flexibility index (Phi) is 5.82. The van der Waals surface area contributed by atoms with Crippen molar-refractivity contribution in [3.05, 3.63) is 48.0 Å². The van der Waals surface area contributed by atoms with E-state index in [0.717, 1.165) is 25.1 Å². The van der Waals surface area contributed by atoms with Crippen LogP contribution in [0.5, 0.6) is 0 Å². The molecule has 6 heteroatoms. The van der Waals surface area contributed by atoms with Crippen molar-refractivity contribution in [1.29, 1.82) is 0 Å². The lowest BCUT2D eigenvalue weighted by Gasteiger charge is -2.16. The highest BCUT2D eigenvalue weighted by Gasteiger charge is 2.13. The van der Waals surface area contributed by atoms with Gasteiger partial charge in [0.15, 0.2) is 0 Å². The maximum atomic E-state index is 12.3. The van der Waals surface area contributed by atoms with E-state index < -0.39 is 0 Å². The highest BCUT2D eigenvalue weighted by atomic mass is 16.2. The van der Waals surface area contributed by atoms with Crippen LogP contribution < -0.4 is 5.32 Å². The molecule has 0 aliphatic rings. The van der Waals surface area contributed by atoms with Gasteiger partial charge < -0.3 is 10.2 Å². The van der Waals surface area contributed by atoms with Crippen molar-refractivity contribution in [2.45, 2.75) is 26.3 Å². The third-order valence-electron chi connectivity index (χ3n) is 3.22. The summed E-state index contributed by atoms with van der Waals surface area (Å²) in [5, 5.41) is 3.08. The number of hydrogen-bond donors (Lipinski definition) is 1. The third kappa shape index (κ3) is 4.51. The van der Waals surface area contributed by atoms with Gasteiger partial charge in [-0.3, -0.25) is 9.78 Å². The SMILES string of the molecule is CCCCN(C)C(=O)c1ccnc(NCc2ccccn2)n1. The zero-order valence-electron chi connectivity index (χ0n) is 13.0. The van der Waals surface area contributed by atoms with Crippen LogP contribution in [0.25, 0.3) is 0 Å². The minimum Gasteiger partial charge on any atom is -0.349 e. The van der Waals surface area contributed by atoms with Crippen molar-refractivity contribution in [1.82, 2.24) is 19.9 Å². The van der Waals surface area contributed by atoms with Crippen molar-refractivity contribution in [2.75, 3.05) is 18.9 Å². The number of aromatic nitrogens is 3. The van der Waals surface area contributed by atoms with Gasteiger partial charge in [0, 0.05) is 26.0 Å². The molecule has 6 nitrogen and oxygen atoms in total. The Balaban J connectivity index is 1.98. The van der Waals surface area contributed by atoms with Crippen LogP contribution in [0.3, 0.4) is 0 Å². The molecule has 0 aliphatic heterocycles. The van der Waals surface area contributed by atoms with E-state index in [2.05, 4.69) is 27.2 Å². The largest absolute Gasteiger partial charge is 0.349 e. The van der Waals surface area contributed by atoms with Gasteiger partial charge in [0.2, 0.25) is 5.95 Å². The summed E-state index contributed by atoms with van der Waals surface area (Å²) in [6, 6.07) is 7.34. The van der Waals surface area contributed by atoms with Crippen LogP contribution >= 0.6 is 0 Å². The fourth-order valence-corrected chi connectivity index (χ4v) is 1.93. The Morgan fingerprint density at radius 3 is 2.82 bits per heavy atom. The van der Waals surface area contributed by atoms with Gasteiger partial charge in [-0.25, -0.2) is 9.97 Å². The number of carbonyl (C=O) groups excluding carboxylic acids is 1. The fourth-order valence-electron chi connectivity index (χ4n) is 1.93. The van der Waals surface area contributed by atoms with Crippen LogP contribution in [0.15, 0.2) is 36.7 Å². The average molecular weight is 299 g/mol. The molecule has 22 heavy (non-hydrogen) atoms. The molecule has 0 aromatic carbocycles. The van der Waals surface area contributed by atoms with E-state index in [1.807, 2.05) is 18.2 Å². The highest BCUT2D eigenvalue weighted by Crippen LogP contribution is 2.06. The molecule has 2 aromatic heterocycles. The minimum atomic E-state index is -0.0864. The number of hydrogen-bond acceptors (Lipinski definition) is 5. The smallest absolute Gasteiger partial charge is 0.272 e. The summed E-state index contributed by atoms with van der Waals surface area (Å²) in [7, 11) is 1.79. The number of amides is 1. The van der Waals surface area contributed by atoms with E-state index in [1.54, 1.807) is 30.4 Å². The van der Waals surface area contributed by atoms with E-state index in [-0.39, 0.29) is 5.91 Å². The van der Waals surface area contributed by atoms with Gasteiger partial charge in [0.1, 0.15) is 5.69 Å². The molecule has 1 amide bonds. The standard InChI is InChI=1S/C16H21N5O/c1-3-4-11-21(2)15(22)14-8-10-18-16(20-14)19-12-13-7-5-6-9-17-13/h5-10H,3-4,11-12H2,1-2H3,(H,18,19,20). The molecule has 2 aromatic rings. The van der Waals surface area contributed by atoms with Gasteiger partial charge in [-0.1, -0.05) is 19.4 Å². The molecule has 2 rings (SSSR count). The fraction of sp³-hybridized carbons (Fsp3) is 0.375. The molecule has 0 saturated carbocycles. The second-order valence-corrected chi connectivity index (χ2v) is 5.02. The molecule has 0 bridgehead atoms. The summed E-state index contributed by atoms with van der Waals surface area (Å²) in [5.41, 5.74) is 1.29. The van der Waals surface area contributed by atoms with Crippen LogP contribution in [-0.4, -0.2) is 39.4 Å². The zero-order valence-corrected chi connectivity index (χ0v) is 13.0. The van der Waals surface area contributed by atoms with Crippen molar-refractivity contribution in [3.8, 4) is 0 Å². The van der Waals surface area contributed by atoms with E-state index in [1.165, 1.54) is 0 Å². The molecule has 0 fully saturated rings. The summed E-state index contributed by atoms with van der Waals surface area (Å²) in [6.07, 6.45) is 5.37. The lowest BCUT2D eigenvalue weighted by molar-refractivity contribution is 0.0787. The van der Waals surface area contributed by atoms with Crippen molar-refractivity contribution < 1.29 is 4.79 Å². The van der Waals surface area contributed by atoms with Gasteiger partial charge in [-0.05, 0) is 24.6 Å². The molecular formula is C16H21N5O. The summed E-state index contributed by atoms with van der Waals surface area (Å²) >= 11 is 0. The first kappa shape index (κ1) is 15.9. The Morgan fingerprint density at radius 2 is 2.09 bits per heavy atom. The molecule has 2 heterocycles. The monoisotopic (exact) mass is 299 g/mol. The summed E-state index contributed by atoms with van der Waals surface area (Å²) < 4.78 is 0. The Morgan fingerprint density at radius 1 is 1.23 bits per heavy atom. The maximum Gasteiger partial charge on any atom is 0.272 e. The van der Waals surface area contributed by atoms with Gasteiger partial charge >= 0.3 is 0 Å². The Labute approximate surface area is 130 Å². The summed E-state index contributed by atoms with van der Waals surface area (Å²) in [6.45, 7) is 3.35. The van der Waals surface area contributed by atoms with Gasteiger partial charge in [-0.2, -0.15) is 0 Å². The normalized spacial score (nSPS) is 10.3. The van der Waals surface area contributed by atoms with Crippen LogP contribution in [0.2, 0.25) is 0 Å². The van der Waals surface area contributed by atoms with E-state index in [4.69, 9.17) is 0 Å². The average Bonchev–Trinajstić information content (AvgIpc) is 2.58. The van der Waals surface area contributed by atoms with Crippen LogP contribution in [0.1, 0.15) is 35.9 Å².